The summed E-state index contributed by atoms with van der Waals surface area (Å²) >= 11 is 6.50. The van der Waals surface area contributed by atoms with Crippen LogP contribution < -0.4 is 4.74 Å². The molecule has 4 rings (SSSR count). The molecule has 39 heavy (non-hydrogen) atoms. The number of benzene rings is 2. The zero-order valence-corrected chi connectivity index (χ0v) is 22.4. The van der Waals surface area contributed by atoms with E-state index in [0.29, 0.717) is 41.3 Å². The van der Waals surface area contributed by atoms with E-state index in [-0.39, 0.29) is 13.2 Å². The van der Waals surface area contributed by atoms with Crippen LogP contribution in [0.2, 0.25) is 5.02 Å². The quantitative estimate of drug-likeness (QED) is 0.161. The molecule has 0 saturated carbocycles. The summed E-state index contributed by atoms with van der Waals surface area (Å²) in [6.45, 7) is 1.48. The molecule has 212 valence electrons. The zero-order valence-electron chi connectivity index (χ0n) is 21.6. The van der Waals surface area contributed by atoms with Gasteiger partial charge in [0.15, 0.2) is 5.60 Å². The van der Waals surface area contributed by atoms with Crippen LogP contribution in [0, 0.1) is 0 Å². The molecule has 0 aromatic heterocycles. The van der Waals surface area contributed by atoms with Crippen LogP contribution in [0.25, 0.3) is 0 Å². The van der Waals surface area contributed by atoms with Crippen molar-refractivity contribution in [2.45, 2.75) is 49.5 Å². The van der Waals surface area contributed by atoms with E-state index in [2.05, 4.69) is 9.99 Å². The Kier molecular flexibility index (Phi) is 9.31. The summed E-state index contributed by atoms with van der Waals surface area (Å²) in [7, 11) is 1.48. The van der Waals surface area contributed by atoms with Gasteiger partial charge in [0, 0.05) is 23.2 Å². The molecule has 2 saturated heterocycles. The lowest BCUT2D eigenvalue weighted by Crippen LogP contribution is -2.65. The Bertz CT molecular complexity index is 1160. The summed E-state index contributed by atoms with van der Waals surface area (Å²) in [5.41, 5.74) is 0.436. The van der Waals surface area contributed by atoms with Crippen molar-refractivity contribution in [2.24, 2.45) is 5.16 Å². The van der Waals surface area contributed by atoms with Crippen LogP contribution in [0.15, 0.2) is 47.6 Å². The molecule has 2 fully saturated rings. The van der Waals surface area contributed by atoms with Crippen LogP contribution in [-0.2, 0) is 36.0 Å². The first-order valence-electron chi connectivity index (χ1n) is 12.5. The highest BCUT2D eigenvalue weighted by Crippen LogP contribution is 2.50. The maximum atomic E-state index is 11.8. The Labute approximate surface area is 230 Å². The normalized spacial score (nSPS) is 27.9. The first kappa shape index (κ1) is 29.1. The predicted octanol–water partition coefficient (Wildman–Crippen LogP) is 2.54. The smallest absolute Gasteiger partial charge is 0.493 e. The molecule has 2 aromatic carbocycles. The van der Waals surface area contributed by atoms with Gasteiger partial charge in [-0.2, -0.15) is 0 Å². The molecule has 2 aliphatic heterocycles. The van der Waals surface area contributed by atoms with E-state index < -0.39 is 42.5 Å². The molecule has 0 radical (unpaired) electrons. The van der Waals surface area contributed by atoms with Gasteiger partial charge in [0.2, 0.25) is 5.79 Å². The average molecular weight is 566 g/mol. The van der Waals surface area contributed by atoms with Gasteiger partial charge >= 0.3 is 6.16 Å². The standard InChI is InChI=1S/C27H32ClNO10/c1-3-35-25(33)37-15-26-16-38-27(39-26,24(32)22(30)23(26)31)19-7-10-21(28)18(14-19)13-17-5-8-20(9-6-17)36-12-4-11-29-34-2/h5-11,14,22-24,30-32H,3-4,12-13,15-16H2,1-2H3/b29-11+/t22-,23+,24+,26-,27+/m0/s1. The van der Waals surface area contributed by atoms with Crippen molar-refractivity contribution in [1.29, 1.82) is 0 Å². The summed E-state index contributed by atoms with van der Waals surface area (Å²) in [6.07, 6.45) is -3.13. The van der Waals surface area contributed by atoms with Gasteiger partial charge in [-0.25, -0.2) is 4.79 Å². The fraction of sp³-hybridized carbons (Fsp3) is 0.481. The molecule has 11 nitrogen and oxygen atoms in total. The lowest BCUT2D eigenvalue weighted by Gasteiger charge is -2.46. The molecular weight excluding hydrogens is 534 g/mol. The Balaban J connectivity index is 1.51. The van der Waals surface area contributed by atoms with Gasteiger partial charge in [-0.05, 0) is 48.7 Å². The number of hydrogen-bond donors (Lipinski definition) is 3. The van der Waals surface area contributed by atoms with Crippen molar-refractivity contribution in [3.05, 3.63) is 64.2 Å². The number of ether oxygens (including phenoxy) is 5. The summed E-state index contributed by atoms with van der Waals surface area (Å²) in [5, 5.41) is 36.5. The van der Waals surface area contributed by atoms with Crippen molar-refractivity contribution >= 4 is 24.0 Å². The van der Waals surface area contributed by atoms with Crippen molar-refractivity contribution in [2.75, 3.05) is 33.5 Å². The number of carbonyl (C=O) groups is 1. The summed E-state index contributed by atoms with van der Waals surface area (Å²) in [4.78, 5) is 16.4. The number of aliphatic hydroxyl groups excluding tert-OH is 3. The number of oxime groups is 1. The Morgan fingerprint density at radius 1 is 1.15 bits per heavy atom. The molecule has 0 spiro atoms. The highest BCUT2D eigenvalue weighted by Gasteiger charge is 2.67. The summed E-state index contributed by atoms with van der Waals surface area (Å²) < 4.78 is 27.6. The number of hydrogen-bond acceptors (Lipinski definition) is 11. The fourth-order valence-corrected chi connectivity index (χ4v) is 4.79. The van der Waals surface area contributed by atoms with Gasteiger partial charge in [-0.15, -0.1) is 0 Å². The second-order valence-corrected chi connectivity index (χ2v) is 9.62. The topological polar surface area (TPSA) is 146 Å². The Hall–Kier alpha value is -2.93. The van der Waals surface area contributed by atoms with E-state index >= 15 is 0 Å². The van der Waals surface area contributed by atoms with Crippen LogP contribution in [-0.4, -0.2) is 85.1 Å². The fourth-order valence-electron chi connectivity index (χ4n) is 4.61. The van der Waals surface area contributed by atoms with E-state index in [9.17, 15) is 20.1 Å². The van der Waals surface area contributed by atoms with Crippen LogP contribution in [0.1, 0.15) is 30.0 Å². The van der Waals surface area contributed by atoms with Gasteiger partial charge in [-0.3, -0.25) is 0 Å². The highest BCUT2D eigenvalue weighted by atomic mass is 35.5. The minimum Gasteiger partial charge on any atom is -0.493 e. The second-order valence-electron chi connectivity index (χ2n) is 9.21. The maximum Gasteiger partial charge on any atom is 0.508 e. The molecule has 0 unspecified atom stereocenters. The molecule has 2 bridgehead atoms. The van der Waals surface area contributed by atoms with Crippen LogP contribution in [0.4, 0.5) is 4.79 Å². The lowest BCUT2D eigenvalue weighted by molar-refractivity contribution is -0.329. The molecule has 3 N–H and O–H groups in total. The second kappa shape index (κ2) is 12.5. The molecular formula is C27H32ClNO10. The maximum absolute atomic E-state index is 11.8. The third kappa shape index (κ3) is 6.13. The summed E-state index contributed by atoms with van der Waals surface area (Å²) in [5.74, 6) is -1.12. The van der Waals surface area contributed by atoms with Crippen LogP contribution in [0.3, 0.4) is 0 Å². The Morgan fingerprint density at radius 2 is 1.92 bits per heavy atom. The largest absolute Gasteiger partial charge is 0.508 e. The predicted molar refractivity (Wildman–Crippen MR) is 139 cm³/mol. The van der Waals surface area contributed by atoms with Crippen molar-refractivity contribution in [3.63, 3.8) is 0 Å². The molecule has 2 heterocycles. The molecule has 2 aromatic rings. The molecule has 2 aliphatic rings. The van der Waals surface area contributed by atoms with Crippen molar-refractivity contribution < 1.29 is 48.6 Å². The highest BCUT2D eigenvalue weighted by molar-refractivity contribution is 6.31. The third-order valence-corrected chi connectivity index (χ3v) is 6.99. The zero-order chi connectivity index (χ0) is 28.0. The van der Waals surface area contributed by atoms with E-state index in [1.165, 1.54) is 7.11 Å². The number of nitrogens with zero attached hydrogens (tertiary/aromatic N) is 1. The number of carbonyl (C=O) groups excluding carboxylic acids is 1. The Morgan fingerprint density at radius 3 is 2.64 bits per heavy atom. The molecule has 0 aliphatic carbocycles. The van der Waals surface area contributed by atoms with Crippen molar-refractivity contribution in [1.82, 2.24) is 0 Å². The monoisotopic (exact) mass is 565 g/mol. The van der Waals surface area contributed by atoms with Gasteiger partial charge in [-0.1, -0.05) is 35.0 Å². The number of aliphatic hydroxyl groups is 3. The SMILES string of the molecule is CCOC(=O)OC[C@@]12CO[C@](c3ccc(Cl)c(Cc4ccc(OCC/C=N/OC)cc4)c3)(O1)[C@H](O)[C@@H](O)[C@H]2O. The minimum atomic E-state index is -1.82. The van der Waals surface area contributed by atoms with Crippen LogP contribution >= 0.6 is 11.6 Å². The van der Waals surface area contributed by atoms with Gasteiger partial charge in [0.05, 0.1) is 19.8 Å². The molecule has 12 heteroatoms. The van der Waals surface area contributed by atoms with E-state index in [0.717, 1.165) is 5.56 Å². The lowest BCUT2D eigenvalue weighted by atomic mass is 9.83. The molecule has 0 amide bonds. The number of rotatable bonds is 11. The minimum absolute atomic E-state index is 0.102. The van der Waals surface area contributed by atoms with Gasteiger partial charge in [0.25, 0.3) is 0 Å². The number of fused-ring (bicyclic) bond motifs is 2. The van der Waals surface area contributed by atoms with Gasteiger partial charge in [0.1, 0.15) is 37.8 Å². The number of halogens is 1. The van der Waals surface area contributed by atoms with E-state index in [4.69, 9.17) is 35.3 Å². The first-order valence-corrected chi connectivity index (χ1v) is 12.9. The van der Waals surface area contributed by atoms with E-state index in [1.54, 1.807) is 31.3 Å². The molecule has 5 atom stereocenters. The van der Waals surface area contributed by atoms with E-state index in [1.807, 2.05) is 24.3 Å². The average Bonchev–Trinajstić information content (AvgIpc) is 3.32. The third-order valence-electron chi connectivity index (χ3n) is 6.62. The van der Waals surface area contributed by atoms with Gasteiger partial charge < -0.3 is 43.8 Å². The first-order chi connectivity index (χ1) is 18.7. The van der Waals surface area contributed by atoms with Crippen molar-refractivity contribution in [3.8, 4) is 5.75 Å². The van der Waals surface area contributed by atoms with Crippen LogP contribution in [0.5, 0.6) is 5.75 Å². The summed E-state index contributed by atoms with van der Waals surface area (Å²) in [6, 6.07) is 12.5.